The van der Waals surface area contributed by atoms with E-state index in [1.54, 1.807) is 6.07 Å². The van der Waals surface area contributed by atoms with Crippen LogP contribution < -0.4 is 10.2 Å². The number of nitrogens with zero attached hydrogens (tertiary/aromatic N) is 1. The second-order valence-electron chi connectivity index (χ2n) is 5.03. The molecule has 0 spiro atoms. The Bertz CT molecular complexity index is 430. The van der Waals surface area contributed by atoms with Gasteiger partial charge in [-0.25, -0.2) is 0 Å². The standard InChI is InChI=1S/C13H17F3N2/c1-12(17-2)6-7-18(9-12)11-5-3-4-10(8-11)13(14,15)16/h3-5,8,17H,6-7,9H2,1-2H3. The predicted octanol–water partition coefficient (Wildman–Crippen LogP) is 2.89. The lowest BCUT2D eigenvalue weighted by Gasteiger charge is -2.25. The largest absolute Gasteiger partial charge is 0.416 e. The zero-order chi connectivity index (χ0) is 13.4. The normalized spacial score (nSPS) is 24.6. The van der Waals surface area contributed by atoms with Crippen LogP contribution in [0.3, 0.4) is 0 Å². The van der Waals surface area contributed by atoms with Gasteiger partial charge in [-0.2, -0.15) is 13.2 Å². The van der Waals surface area contributed by atoms with Crippen molar-refractivity contribution in [3.63, 3.8) is 0 Å². The van der Waals surface area contributed by atoms with Crippen molar-refractivity contribution in [3.8, 4) is 0 Å². The van der Waals surface area contributed by atoms with Crippen molar-refractivity contribution in [2.45, 2.75) is 25.1 Å². The molecule has 1 aliphatic rings. The van der Waals surface area contributed by atoms with Crippen LogP contribution in [-0.4, -0.2) is 25.7 Å². The molecule has 0 aromatic heterocycles. The lowest BCUT2D eigenvalue weighted by atomic mass is 10.0. The molecule has 1 atom stereocenters. The van der Waals surface area contributed by atoms with Crippen LogP contribution in [0, 0.1) is 0 Å². The zero-order valence-electron chi connectivity index (χ0n) is 10.5. The van der Waals surface area contributed by atoms with E-state index < -0.39 is 11.7 Å². The van der Waals surface area contributed by atoms with E-state index in [0.717, 1.165) is 25.6 Å². The number of hydrogen-bond acceptors (Lipinski definition) is 2. The molecule has 18 heavy (non-hydrogen) atoms. The van der Waals surface area contributed by atoms with E-state index in [-0.39, 0.29) is 5.54 Å². The van der Waals surface area contributed by atoms with Crippen LogP contribution >= 0.6 is 0 Å². The summed E-state index contributed by atoms with van der Waals surface area (Å²) in [4.78, 5) is 1.99. The van der Waals surface area contributed by atoms with Gasteiger partial charge < -0.3 is 10.2 Å². The van der Waals surface area contributed by atoms with Crippen molar-refractivity contribution in [1.82, 2.24) is 5.32 Å². The van der Waals surface area contributed by atoms with E-state index >= 15 is 0 Å². The van der Waals surface area contributed by atoms with Gasteiger partial charge in [0.1, 0.15) is 0 Å². The van der Waals surface area contributed by atoms with Crippen LogP contribution in [0.1, 0.15) is 18.9 Å². The summed E-state index contributed by atoms with van der Waals surface area (Å²) in [7, 11) is 1.88. The molecule has 0 aliphatic carbocycles. The number of alkyl halides is 3. The molecular formula is C13H17F3N2. The fourth-order valence-electron chi connectivity index (χ4n) is 2.26. The summed E-state index contributed by atoms with van der Waals surface area (Å²) >= 11 is 0. The third-order valence-corrected chi connectivity index (χ3v) is 3.62. The number of rotatable bonds is 2. The van der Waals surface area contributed by atoms with Crippen molar-refractivity contribution in [2.24, 2.45) is 0 Å². The molecule has 5 heteroatoms. The molecule has 2 nitrogen and oxygen atoms in total. The molecule has 2 rings (SSSR count). The van der Waals surface area contributed by atoms with E-state index in [9.17, 15) is 13.2 Å². The smallest absolute Gasteiger partial charge is 0.370 e. The van der Waals surface area contributed by atoms with Crippen molar-refractivity contribution < 1.29 is 13.2 Å². The number of anilines is 1. The molecule has 1 aromatic rings. The molecule has 0 bridgehead atoms. The summed E-state index contributed by atoms with van der Waals surface area (Å²) in [6, 6.07) is 5.53. The topological polar surface area (TPSA) is 15.3 Å². The quantitative estimate of drug-likeness (QED) is 0.877. The highest BCUT2D eigenvalue weighted by atomic mass is 19.4. The molecule has 0 amide bonds. The third-order valence-electron chi connectivity index (χ3n) is 3.62. The first kappa shape index (κ1) is 13.2. The highest BCUT2D eigenvalue weighted by Crippen LogP contribution is 2.33. The van der Waals surface area contributed by atoms with E-state index in [1.165, 1.54) is 12.1 Å². The molecule has 100 valence electrons. The number of benzene rings is 1. The van der Waals surface area contributed by atoms with Crippen LogP contribution in [0.4, 0.5) is 18.9 Å². The SMILES string of the molecule is CNC1(C)CCN(c2cccc(C(F)(F)F)c2)C1. The van der Waals surface area contributed by atoms with Crippen molar-refractivity contribution >= 4 is 5.69 Å². The summed E-state index contributed by atoms with van der Waals surface area (Å²) in [5.74, 6) is 0. The Kier molecular flexibility index (Phi) is 3.27. The molecule has 1 aliphatic heterocycles. The van der Waals surface area contributed by atoms with Crippen LogP contribution in [0.2, 0.25) is 0 Å². The number of nitrogens with one attached hydrogen (secondary N) is 1. The van der Waals surface area contributed by atoms with Gasteiger partial charge in [0, 0.05) is 24.3 Å². The first-order valence-electron chi connectivity index (χ1n) is 5.95. The minimum atomic E-state index is -4.28. The summed E-state index contributed by atoms with van der Waals surface area (Å²) in [6.45, 7) is 3.59. The Morgan fingerprint density at radius 2 is 2.06 bits per heavy atom. The maximum Gasteiger partial charge on any atom is 0.416 e. The maximum absolute atomic E-state index is 12.6. The average molecular weight is 258 g/mol. The number of hydrogen-bond donors (Lipinski definition) is 1. The van der Waals surface area contributed by atoms with E-state index in [4.69, 9.17) is 0 Å². The van der Waals surface area contributed by atoms with Crippen molar-refractivity contribution in [3.05, 3.63) is 29.8 Å². The fraction of sp³-hybridized carbons (Fsp3) is 0.538. The summed E-state index contributed by atoms with van der Waals surface area (Å²) < 4.78 is 37.9. The van der Waals surface area contributed by atoms with Crippen LogP contribution in [0.5, 0.6) is 0 Å². The fourth-order valence-corrected chi connectivity index (χ4v) is 2.26. The second kappa shape index (κ2) is 4.46. The number of likely N-dealkylation sites (N-methyl/N-ethyl adjacent to an activating group) is 1. The third kappa shape index (κ3) is 2.61. The van der Waals surface area contributed by atoms with Gasteiger partial charge in [0.25, 0.3) is 0 Å². The minimum Gasteiger partial charge on any atom is -0.370 e. The molecule has 1 heterocycles. The molecular weight excluding hydrogens is 241 g/mol. The van der Waals surface area contributed by atoms with Crippen LogP contribution in [0.25, 0.3) is 0 Å². The highest BCUT2D eigenvalue weighted by molar-refractivity contribution is 5.50. The molecule has 0 radical (unpaired) electrons. The Labute approximate surface area is 105 Å². The molecule has 1 fully saturated rings. The lowest BCUT2D eigenvalue weighted by Crippen LogP contribution is -2.42. The van der Waals surface area contributed by atoms with E-state index in [1.807, 2.05) is 11.9 Å². The lowest BCUT2D eigenvalue weighted by molar-refractivity contribution is -0.137. The molecule has 1 aromatic carbocycles. The molecule has 1 N–H and O–H groups in total. The monoisotopic (exact) mass is 258 g/mol. The first-order valence-corrected chi connectivity index (χ1v) is 5.95. The van der Waals surface area contributed by atoms with Crippen molar-refractivity contribution in [1.29, 1.82) is 0 Å². The zero-order valence-corrected chi connectivity index (χ0v) is 10.5. The van der Waals surface area contributed by atoms with E-state index in [0.29, 0.717) is 5.69 Å². The molecule has 1 unspecified atom stereocenters. The minimum absolute atomic E-state index is 0.0196. The summed E-state index contributed by atoms with van der Waals surface area (Å²) in [5.41, 5.74) is 0.0377. The van der Waals surface area contributed by atoms with Crippen LogP contribution in [0.15, 0.2) is 24.3 Å². The second-order valence-corrected chi connectivity index (χ2v) is 5.03. The summed E-state index contributed by atoms with van der Waals surface area (Å²) in [6.07, 6.45) is -3.35. The maximum atomic E-state index is 12.6. The number of halogens is 3. The Morgan fingerprint density at radius 3 is 2.61 bits per heavy atom. The molecule has 1 saturated heterocycles. The van der Waals surface area contributed by atoms with Gasteiger partial charge in [-0.3, -0.25) is 0 Å². The Morgan fingerprint density at radius 1 is 1.33 bits per heavy atom. The first-order chi connectivity index (χ1) is 8.34. The van der Waals surface area contributed by atoms with Crippen LogP contribution in [-0.2, 0) is 6.18 Å². The Balaban J connectivity index is 2.21. The Hall–Kier alpha value is -1.23. The van der Waals surface area contributed by atoms with Gasteiger partial charge in [0.05, 0.1) is 5.56 Å². The highest BCUT2D eigenvalue weighted by Gasteiger charge is 2.34. The molecule has 0 saturated carbocycles. The average Bonchev–Trinajstić information content (AvgIpc) is 2.72. The van der Waals surface area contributed by atoms with E-state index in [2.05, 4.69) is 12.2 Å². The van der Waals surface area contributed by atoms with Crippen molar-refractivity contribution in [2.75, 3.05) is 25.0 Å². The van der Waals surface area contributed by atoms with Gasteiger partial charge in [-0.1, -0.05) is 6.07 Å². The van der Waals surface area contributed by atoms with Gasteiger partial charge in [0.15, 0.2) is 0 Å². The summed E-state index contributed by atoms with van der Waals surface area (Å²) in [5, 5.41) is 3.22. The van der Waals surface area contributed by atoms with Gasteiger partial charge in [-0.05, 0) is 38.6 Å². The van der Waals surface area contributed by atoms with Gasteiger partial charge in [0.2, 0.25) is 0 Å². The van der Waals surface area contributed by atoms with Gasteiger partial charge in [-0.15, -0.1) is 0 Å². The predicted molar refractivity (Wildman–Crippen MR) is 65.7 cm³/mol. The van der Waals surface area contributed by atoms with Gasteiger partial charge >= 0.3 is 6.18 Å².